The molecule has 0 aliphatic heterocycles. The molecule has 1 rings (SSSR count). The molecule has 0 saturated heterocycles. The Kier molecular flexibility index (Phi) is 4.40. The molecule has 0 aromatic heterocycles. The zero-order valence-electron chi connectivity index (χ0n) is 8.29. The Labute approximate surface area is 83.3 Å². The van der Waals surface area contributed by atoms with Crippen molar-refractivity contribution in [3.8, 4) is 5.75 Å². The Balaban J connectivity index is 2.67. The van der Waals surface area contributed by atoms with Crippen molar-refractivity contribution in [2.24, 2.45) is 0 Å². The number of rotatable bonds is 5. The third kappa shape index (κ3) is 3.00. The molecule has 3 heteroatoms. The van der Waals surface area contributed by atoms with E-state index in [2.05, 4.69) is 0 Å². The van der Waals surface area contributed by atoms with Crippen LogP contribution in [0.15, 0.2) is 18.2 Å². The van der Waals surface area contributed by atoms with Gasteiger partial charge in [-0.3, -0.25) is 0 Å². The topological polar surface area (TPSA) is 29.5 Å². The van der Waals surface area contributed by atoms with Crippen molar-refractivity contribution in [3.63, 3.8) is 0 Å². The fourth-order valence-corrected chi connectivity index (χ4v) is 1.37. The van der Waals surface area contributed by atoms with Gasteiger partial charge in [0.1, 0.15) is 11.6 Å². The maximum absolute atomic E-state index is 12.9. The summed E-state index contributed by atoms with van der Waals surface area (Å²) in [5.41, 5.74) is 0.862. The molecule has 1 N–H and O–H groups in total. The molecule has 1 aromatic rings. The molecule has 78 valence electrons. The van der Waals surface area contributed by atoms with Gasteiger partial charge in [-0.25, -0.2) is 4.39 Å². The first-order chi connectivity index (χ1) is 6.77. The number of hydrogen-bond acceptors (Lipinski definition) is 2. The number of methoxy groups -OCH3 is 1. The first-order valence-electron chi connectivity index (χ1n) is 4.71. The van der Waals surface area contributed by atoms with Crippen molar-refractivity contribution in [1.82, 2.24) is 0 Å². The summed E-state index contributed by atoms with van der Waals surface area (Å²) in [6.07, 6.45) is 2.32. The minimum atomic E-state index is -0.246. The van der Waals surface area contributed by atoms with Gasteiger partial charge in [-0.15, -0.1) is 0 Å². The van der Waals surface area contributed by atoms with Crippen LogP contribution in [0, 0.1) is 5.82 Å². The predicted octanol–water partition coefficient (Wildman–Crippen LogP) is 2.15. The van der Waals surface area contributed by atoms with Gasteiger partial charge in [-0.2, -0.15) is 0 Å². The van der Waals surface area contributed by atoms with Gasteiger partial charge in [-0.1, -0.05) is 0 Å². The number of benzene rings is 1. The minimum absolute atomic E-state index is 0.178. The average Bonchev–Trinajstić information content (AvgIpc) is 2.19. The van der Waals surface area contributed by atoms with E-state index >= 15 is 0 Å². The van der Waals surface area contributed by atoms with Crippen molar-refractivity contribution < 1.29 is 14.2 Å². The van der Waals surface area contributed by atoms with Crippen LogP contribution in [-0.2, 0) is 6.42 Å². The first kappa shape index (κ1) is 11.0. The van der Waals surface area contributed by atoms with Crippen molar-refractivity contribution in [2.45, 2.75) is 19.3 Å². The number of ether oxygens (including phenoxy) is 1. The van der Waals surface area contributed by atoms with Gasteiger partial charge in [0.25, 0.3) is 0 Å². The highest BCUT2D eigenvalue weighted by molar-refractivity contribution is 5.33. The monoisotopic (exact) mass is 198 g/mol. The van der Waals surface area contributed by atoms with Crippen LogP contribution in [0.5, 0.6) is 5.75 Å². The average molecular weight is 198 g/mol. The van der Waals surface area contributed by atoms with Gasteiger partial charge in [0.05, 0.1) is 7.11 Å². The fourth-order valence-electron chi connectivity index (χ4n) is 1.37. The SMILES string of the molecule is COc1ccc(F)cc1CCCCO. The molecule has 0 heterocycles. The van der Waals surface area contributed by atoms with E-state index < -0.39 is 0 Å². The summed E-state index contributed by atoms with van der Waals surface area (Å²) < 4.78 is 18.0. The summed E-state index contributed by atoms with van der Waals surface area (Å²) in [5.74, 6) is 0.467. The minimum Gasteiger partial charge on any atom is -0.496 e. The Hall–Kier alpha value is -1.09. The molecule has 0 unspecified atom stereocenters. The number of hydrogen-bond donors (Lipinski definition) is 1. The van der Waals surface area contributed by atoms with Crippen LogP contribution in [0.2, 0.25) is 0 Å². The molecule has 2 nitrogen and oxygen atoms in total. The van der Waals surface area contributed by atoms with Crippen molar-refractivity contribution >= 4 is 0 Å². The quantitative estimate of drug-likeness (QED) is 0.734. The van der Waals surface area contributed by atoms with Crippen LogP contribution in [0.4, 0.5) is 4.39 Å². The van der Waals surface area contributed by atoms with Gasteiger partial charge < -0.3 is 9.84 Å². The second kappa shape index (κ2) is 5.60. The van der Waals surface area contributed by atoms with Crippen LogP contribution in [-0.4, -0.2) is 18.8 Å². The van der Waals surface area contributed by atoms with Crippen molar-refractivity contribution in [1.29, 1.82) is 0 Å². The molecule has 0 aliphatic rings. The molecule has 0 saturated carbocycles. The maximum atomic E-state index is 12.9. The molecule has 14 heavy (non-hydrogen) atoms. The van der Waals surface area contributed by atoms with E-state index in [0.717, 1.165) is 24.8 Å². The highest BCUT2D eigenvalue weighted by atomic mass is 19.1. The Morgan fingerprint density at radius 3 is 2.79 bits per heavy atom. The van der Waals surface area contributed by atoms with E-state index in [0.29, 0.717) is 5.75 Å². The smallest absolute Gasteiger partial charge is 0.123 e. The van der Waals surface area contributed by atoms with E-state index in [4.69, 9.17) is 9.84 Å². The van der Waals surface area contributed by atoms with Crippen LogP contribution in [0.1, 0.15) is 18.4 Å². The summed E-state index contributed by atoms with van der Waals surface area (Å²) >= 11 is 0. The van der Waals surface area contributed by atoms with E-state index in [1.54, 1.807) is 13.2 Å². The highest BCUT2D eigenvalue weighted by Gasteiger charge is 2.03. The lowest BCUT2D eigenvalue weighted by molar-refractivity contribution is 0.284. The molecular formula is C11H15FO2. The molecule has 0 spiro atoms. The van der Waals surface area contributed by atoms with Crippen LogP contribution >= 0.6 is 0 Å². The van der Waals surface area contributed by atoms with Gasteiger partial charge in [0, 0.05) is 6.61 Å². The fraction of sp³-hybridized carbons (Fsp3) is 0.455. The molecule has 1 aromatic carbocycles. The lowest BCUT2D eigenvalue weighted by Crippen LogP contribution is -1.94. The largest absolute Gasteiger partial charge is 0.496 e. The maximum Gasteiger partial charge on any atom is 0.123 e. The number of halogens is 1. The summed E-state index contributed by atoms with van der Waals surface area (Å²) in [5, 5.41) is 8.62. The highest BCUT2D eigenvalue weighted by Crippen LogP contribution is 2.21. The zero-order valence-corrected chi connectivity index (χ0v) is 8.29. The lowest BCUT2D eigenvalue weighted by atomic mass is 10.1. The first-order valence-corrected chi connectivity index (χ1v) is 4.71. The standard InChI is InChI=1S/C11H15FO2/c1-14-11-6-5-10(12)8-9(11)4-2-3-7-13/h5-6,8,13H,2-4,7H2,1H3. The van der Waals surface area contributed by atoms with Gasteiger partial charge in [-0.05, 0) is 43.0 Å². The zero-order chi connectivity index (χ0) is 10.4. The van der Waals surface area contributed by atoms with Crippen LogP contribution < -0.4 is 4.74 Å². The second-order valence-corrected chi connectivity index (χ2v) is 3.14. The van der Waals surface area contributed by atoms with Crippen molar-refractivity contribution in [3.05, 3.63) is 29.6 Å². The van der Waals surface area contributed by atoms with E-state index in [9.17, 15) is 4.39 Å². The third-order valence-corrected chi connectivity index (χ3v) is 2.10. The number of aliphatic hydroxyl groups is 1. The molecule has 0 aliphatic carbocycles. The van der Waals surface area contributed by atoms with E-state index in [1.807, 2.05) is 0 Å². The molecule has 0 atom stereocenters. The molecule has 0 radical (unpaired) electrons. The summed E-state index contributed by atoms with van der Waals surface area (Å²) in [6.45, 7) is 0.178. The predicted molar refractivity (Wildman–Crippen MR) is 53.0 cm³/mol. The molecular weight excluding hydrogens is 183 g/mol. The summed E-state index contributed by atoms with van der Waals surface area (Å²) in [4.78, 5) is 0. The number of aryl methyl sites for hydroxylation is 1. The lowest BCUT2D eigenvalue weighted by Gasteiger charge is -2.07. The van der Waals surface area contributed by atoms with Crippen LogP contribution in [0.3, 0.4) is 0 Å². The molecule has 0 fully saturated rings. The van der Waals surface area contributed by atoms with Crippen molar-refractivity contribution in [2.75, 3.05) is 13.7 Å². The molecule has 0 bridgehead atoms. The Bertz CT molecular complexity index is 287. The van der Waals surface area contributed by atoms with Gasteiger partial charge in [0.15, 0.2) is 0 Å². The molecule has 0 amide bonds. The Morgan fingerprint density at radius 2 is 2.14 bits per heavy atom. The number of aliphatic hydroxyl groups excluding tert-OH is 1. The number of unbranched alkanes of at least 4 members (excludes halogenated alkanes) is 1. The van der Waals surface area contributed by atoms with E-state index in [-0.39, 0.29) is 12.4 Å². The second-order valence-electron chi connectivity index (χ2n) is 3.14. The van der Waals surface area contributed by atoms with E-state index in [1.165, 1.54) is 12.1 Å². The summed E-state index contributed by atoms with van der Waals surface area (Å²) in [7, 11) is 1.57. The third-order valence-electron chi connectivity index (χ3n) is 2.10. The van der Waals surface area contributed by atoms with Gasteiger partial charge >= 0.3 is 0 Å². The van der Waals surface area contributed by atoms with Crippen LogP contribution in [0.25, 0.3) is 0 Å². The Morgan fingerprint density at radius 1 is 1.36 bits per heavy atom. The summed E-state index contributed by atoms with van der Waals surface area (Å²) in [6, 6.07) is 4.49. The van der Waals surface area contributed by atoms with Gasteiger partial charge in [0.2, 0.25) is 0 Å². The normalized spacial score (nSPS) is 10.2.